The highest BCUT2D eigenvalue weighted by molar-refractivity contribution is 5.92. The fourth-order valence-corrected chi connectivity index (χ4v) is 3.84. The summed E-state index contributed by atoms with van der Waals surface area (Å²) in [6.07, 6.45) is 3.22. The van der Waals surface area contributed by atoms with E-state index in [0.717, 1.165) is 16.8 Å². The number of ketones is 1. The maximum Gasteiger partial charge on any atom is 0.266 e. The molecule has 1 heterocycles. The highest BCUT2D eigenvalue weighted by Gasteiger charge is 2.21. The molecule has 0 aliphatic rings. The van der Waals surface area contributed by atoms with E-state index in [-0.39, 0.29) is 28.7 Å². The molecule has 5 heteroatoms. The van der Waals surface area contributed by atoms with E-state index in [1.807, 2.05) is 25.1 Å². The van der Waals surface area contributed by atoms with Gasteiger partial charge in [-0.25, -0.2) is 9.37 Å². The molecule has 0 atom stereocenters. The van der Waals surface area contributed by atoms with Crippen LogP contribution in [0.25, 0.3) is 22.7 Å². The van der Waals surface area contributed by atoms with Crippen molar-refractivity contribution in [2.75, 3.05) is 0 Å². The Morgan fingerprint density at radius 3 is 2.26 bits per heavy atom. The summed E-state index contributed by atoms with van der Waals surface area (Å²) in [6.45, 7) is 11.8. The third kappa shape index (κ3) is 4.36. The second-order valence-corrected chi connectivity index (χ2v) is 8.45. The maximum absolute atomic E-state index is 14.6. The van der Waals surface area contributed by atoms with Crippen LogP contribution in [0.3, 0.4) is 0 Å². The normalized spacial score (nSPS) is 11.9. The van der Waals surface area contributed by atoms with Crippen molar-refractivity contribution in [3.63, 3.8) is 0 Å². The average molecular weight is 421 g/mol. The zero-order valence-electron chi connectivity index (χ0n) is 19.0. The molecule has 31 heavy (non-hydrogen) atoms. The Bertz CT molecular complexity index is 1210. The van der Waals surface area contributed by atoms with Crippen LogP contribution in [0.4, 0.5) is 4.39 Å². The van der Waals surface area contributed by atoms with E-state index >= 15 is 0 Å². The van der Waals surface area contributed by atoms with Gasteiger partial charge in [-0.15, -0.1) is 0 Å². The van der Waals surface area contributed by atoms with Gasteiger partial charge >= 0.3 is 0 Å². The average Bonchev–Trinajstić information content (AvgIpc) is 2.71. The smallest absolute Gasteiger partial charge is 0.266 e. The summed E-state index contributed by atoms with van der Waals surface area (Å²) < 4.78 is 16.3. The molecule has 0 bridgehead atoms. The van der Waals surface area contributed by atoms with Crippen LogP contribution in [-0.4, -0.2) is 15.3 Å². The van der Waals surface area contributed by atoms with Gasteiger partial charge in [0.2, 0.25) is 0 Å². The minimum Gasteiger partial charge on any atom is -0.295 e. The number of para-hydroxylation sites is 1. The fraction of sp³-hybridized carbons (Fsp3) is 0.346. The Morgan fingerprint density at radius 2 is 1.74 bits per heavy atom. The van der Waals surface area contributed by atoms with Gasteiger partial charge in [0.05, 0.1) is 16.6 Å². The molecular weight excluding hydrogens is 391 g/mol. The monoisotopic (exact) mass is 420 g/mol. The number of aromatic nitrogens is 2. The summed E-state index contributed by atoms with van der Waals surface area (Å²) in [5, 5.41) is 0.329. The van der Waals surface area contributed by atoms with Crippen LogP contribution in [0.1, 0.15) is 75.9 Å². The van der Waals surface area contributed by atoms with Gasteiger partial charge in [-0.3, -0.25) is 14.2 Å². The zero-order chi connectivity index (χ0) is 22.9. The molecule has 4 nitrogen and oxygen atoms in total. The Balaban J connectivity index is 2.44. The first-order valence-corrected chi connectivity index (χ1v) is 10.7. The second-order valence-electron chi connectivity index (χ2n) is 8.45. The van der Waals surface area contributed by atoms with Gasteiger partial charge in [0.1, 0.15) is 11.6 Å². The molecule has 3 aromatic rings. The molecule has 0 spiro atoms. The Labute approximate surface area is 182 Å². The van der Waals surface area contributed by atoms with E-state index in [2.05, 4.69) is 32.7 Å². The SMILES string of the molecule is CCc1nc2cc(F)c(/C=C/C(C)=O)cc2c(=O)n1-c1c(C(C)C)cccc1C(C)C. The number of allylic oxidation sites excluding steroid dienone is 1. The van der Waals surface area contributed by atoms with Gasteiger partial charge in [0.15, 0.2) is 5.78 Å². The van der Waals surface area contributed by atoms with Crippen molar-refractivity contribution < 1.29 is 9.18 Å². The number of carbonyl (C=O) groups is 1. The van der Waals surface area contributed by atoms with Crippen molar-refractivity contribution in [2.24, 2.45) is 0 Å². The van der Waals surface area contributed by atoms with Gasteiger partial charge in [-0.05, 0) is 48.1 Å². The van der Waals surface area contributed by atoms with Crippen molar-refractivity contribution >= 4 is 22.8 Å². The van der Waals surface area contributed by atoms with Gasteiger partial charge in [-0.2, -0.15) is 0 Å². The van der Waals surface area contributed by atoms with Crippen molar-refractivity contribution in [1.82, 2.24) is 9.55 Å². The molecule has 0 saturated heterocycles. The zero-order valence-corrected chi connectivity index (χ0v) is 19.0. The number of benzene rings is 2. The van der Waals surface area contributed by atoms with Gasteiger partial charge in [0.25, 0.3) is 5.56 Å². The van der Waals surface area contributed by atoms with Gasteiger partial charge in [-0.1, -0.05) is 52.8 Å². The van der Waals surface area contributed by atoms with Crippen molar-refractivity contribution in [2.45, 2.75) is 59.8 Å². The van der Waals surface area contributed by atoms with E-state index in [0.29, 0.717) is 23.1 Å². The van der Waals surface area contributed by atoms with E-state index in [4.69, 9.17) is 0 Å². The Morgan fingerprint density at radius 1 is 1.13 bits per heavy atom. The Kier molecular flexibility index (Phi) is 6.54. The minimum absolute atomic E-state index is 0.191. The largest absolute Gasteiger partial charge is 0.295 e. The number of hydrogen-bond acceptors (Lipinski definition) is 3. The summed E-state index contributed by atoms with van der Waals surface area (Å²) in [5.41, 5.74) is 3.30. The number of fused-ring (bicyclic) bond motifs is 1. The number of aryl methyl sites for hydroxylation is 1. The first kappa shape index (κ1) is 22.6. The number of nitrogens with zero attached hydrogens (tertiary/aromatic N) is 2. The predicted molar refractivity (Wildman–Crippen MR) is 125 cm³/mol. The first-order chi connectivity index (χ1) is 14.6. The molecule has 0 fully saturated rings. The minimum atomic E-state index is -0.512. The standard InChI is InChI=1S/C26H29FN2O2/c1-7-24-28-23-14-22(27)18(12-11-17(6)30)13-21(23)26(31)29(24)25-19(15(2)3)9-8-10-20(25)16(4)5/h8-16H,7H2,1-6H3/b12-11+. The molecule has 2 aromatic carbocycles. The predicted octanol–water partition coefficient (Wildman–Crippen LogP) is 5.94. The lowest BCUT2D eigenvalue weighted by atomic mass is 9.92. The molecule has 3 rings (SSSR count). The fourth-order valence-electron chi connectivity index (χ4n) is 3.84. The van der Waals surface area contributed by atoms with Gasteiger partial charge in [0, 0.05) is 18.1 Å². The topological polar surface area (TPSA) is 52.0 Å². The number of hydrogen-bond donors (Lipinski definition) is 0. The summed E-state index contributed by atoms with van der Waals surface area (Å²) in [6, 6.07) is 8.89. The molecule has 0 saturated carbocycles. The molecule has 0 N–H and O–H groups in total. The molecule has 0 radical (unpaired) electrons. The number of rotatable bonds is 6. The van der Waals surface area contributed by atoms with Crippen molar-refractivity contribution in [3.8, 4) is 5.69 Å². The van der Waals surface area contributed by atoms with E-state index in [9.17, 15) is 14.0 Å². The van der Waals surface area contributed by atoms with Crippen molar-refractivity contribution in [1.29, 1.82) is 0 Å². The quantitative estimate of drug-likeness (QED) is 0.464. The Hall–Kier alpha value is -3.08. The number of halogens is 1. The van der Waals surface area contributed by atoms with Crippen LogP contribution in [0.15, 0.2) is 41.2 Å². The summed E-state index contributed by atoms with van der Waals surface area (Å²) in [4.78, 5) is 29.7. The summed E-state index contributed by atoms with van der Waals surface area (Å²) in [7, 11) is 0. The van der Waals surface area contributed by atoms with Crippen LogP contribution in [-0.2, 0) is 11.2 Å². The summed E-state index contributed by atoms with van der Waals surface area (Å²) in [5.74, 6) is 0.316. The van der Waals surface area contributed by atoms with Crippen LogP contribution in [0.2, 0.25) is 0 Å². The molecule has 0 aliphatic carbocycles. The van der Waals surface area contributed by atoms with E-state index < -0.39 is 5.82 Å². The van der Waals surface area contributed by atoms with Crippen molar-refractivity contribution in [3.05, 3.63) is 75.1 Å². The van der Waals surface area contributed by atoms with E-state index in [1.54, 1.807) is 4.57 Å². The van der Waals surface area contributed by atoms with Crippen LogP contribution in [0.5, 0.6) is 0 Å². The molecule has 0 amide bonds. The first-order valence-electron chi connectivity index (χ1n) is 10.7. The lowest BCUT2D eigenvalue weighted by Crippen LogP contribution is -2.26. The lowest BCUT2D eigenvalue weighted by molar-refractivity contribution is -0.112. The molecule has 0 aliphatic heterocycles. The molecule has 162 valence electrons. The van der Waals surface area contributed by atoms with Crippen LogP contribution in [0, 0.1) is 5.82 Å². The van der Waals surface area contributed by atoms with Crippen LogP contribution >= 0.6 is 0 Å². The third-order valence-electron chi connectivity index (χ3n) is 5.44. The van der Waals surface area contributed by atoms with Gasteiger partial charge < -0.3 is 0 Å². The summed E-state index contributed by atoms with van der Waals surface area (Å²) >= 11 is 0. The number of carbonyl (C=O) groups excluding carboxylic acids is 1. The maximum atomic E-state index is 14.6. The molecule has 0 unspecified atom stereocenters. The molecule has 1 aromatic heterocycles. The third-order valence-corrected chi connectivity index (χ3v) is 5.44. The van der Waals surface area contributed by atoms with Crippen LogP contribution < -0.4 is 5.56 Å². The molecular formula is C26H29FN2O2. The van der Waals surface area contributed by atoms with E-state index in [1.165, 1.54) is 31.2 Å². The lowest BCUT2D eigenvalue weighted by Gasteiger charge is -2.23. The highest BCUT2D eigenvalue weighted by Crippen LogP contribution is 2.31. The second kappa shape index (κ2) is 8.96. The highest BCUT2D eigenvalue weighted by atomic mass is 19.1.